The Bertz CT molecular complexity index is 474. The summed E-state index contributed by atoms with van der Waals surface area (Å²) < 4.78 is 0. The first-order valence-electron chi connectivity index (χ1n) is 7.08. The molecule has 20 heavy (non-hydrogen) atoms. The largest absolute Gasteiger partial charge is 0.366 e. The van der Waals surface area contributed by atoms with E-state index in [1.54, 1.807) is 6.92 Å². The van der Waals surface area contributed by atoms with Crippen molar-refractivity contribution in [2.45, 2.75) is 39.2 Å². The van der Waals surface area contributed by atoms with Gasteiger partial charge in [-0.2, -0.15) is 0 Å². The third-order valence-corrected chi connectivity index (χ3v) is 3.78. The number of likely N-dealkylation sites (tertiary alicyclic amines) is 1. The van der Waals surface area contributed by atoms with Gasteiger partial charge in [-0.15, -0.1) is 0 Å². The van der Waals surface area contributed by atoms with E-state index in [9.17, 15) is 4.79 Å². The molecule has 1 unspecified atom stereocenters. The van der Waals surface area contributed by atoms with E-state index in [2.05, 4.69) is 27.1 Å². The van der Waals surface area contributed by atoms with Gasteiger partial charge in [0.1, 0.15) is 16.8 Å². The molecule has 0 aromatic carbocycles. The number of piperidine rings is 1. The first kappa shape index (κ1) is 15.2. The van der Waals surface area contributed by atoms with Crippen LogP contribution in [0.3, 0.4) is 0 Å². The summed E-state index contributed by atoms with van der Waals surface area (Å²) in [4.78, 5) is 21.8. The van der Waals surface area contributed by atoms with Gasteiger partial charge in [-0.25, -0.2) is 9.97 Å². The Balaban J connectivity index is 2.03. The standard InChI is InChI=1S/C14H21ClN4O/c1-10(8-19-6-4-3-5-7-19)16-14-12(9-20)13(15)17-11(2)18-14/h9-10H,3-8H2,1-2H3,(H,16,17,18). The number of anilines is 1. The van der Waals surface area contributed by atoms with Crippen molar-refractivity contribution in [2.24, 2.45) is 0 Å². The molecule has 0 saturated carbocycles. The zero-order chi connectivity index (χ0) is 14.5. The molecule has 0 amide bonds. The molecule has 1 saturated heterocycles. The van der Waals surface area contributed by atoms with Crippen LogP contribution in [0.2, 0.25) is 5.15 Å². The first-order chi connectivity index (χ1) is 9.60. The second-order valence-corrected chi connectivity index (χ2v) is 5.71. The molecule has 1 aromatic rings. The molecule has 0 aliphatic carbocycles. The molecular formula is C14H21ClN4O. The lowest BCUT2D eigenvalue weighted by atomic mass is 10.1. The van der Waals surface area contributed by atoms with Crippen molar-refractivity contribution in [2.75, 3.05) is 25.0 Å². The molecule has 1 fully saturated rings. The fraction of sp³-hybridized carbons (Fsp3) is 0.643. The summed E-state index contributed by atoms with van der Waals surface area (Å²) in [6.07, 6.45) is 4.57. The van der Waals surface area contributed by atoms with Gasteiger partial charge >= 0.3 is 0 Å². The lowest BCUT2D eigenvalue weighted by molar-refractivity contribution is 0.112. The molecule has 1 aliphatic heterocycles. The van der Waals surface area contributed by atoms with Gasteiger partial charge in [-0.3, -0.25) is 4.79 Å². The highest BCUT2D eigenvalue weighted by Crippen LogP contribution is 2.20. The molecule has 6 heteroatoms. The van der Waals surface area contributed by atoms with E-state index in [0.29, 0.717) is 23.5 Å². The number of aryl methyl sites for hydroxylation is 1. The number of halogens is 1. The molecule has 0 bridgehead atoms. The topological polar surface area (TPSA) is 58.1 Å². The van der Waals surface area contributed by atoms with Crippen LogP contribution in [0.1, 0.15) is 42.4 Å². The molecule has 1 aliphatic rings. The van der Waals surface area contributed by atoms with E-state index >= 15 is 0 Å². The van der Waals surface area contributed by atoms with Crippen LogP contribution >= 0.6 is 11.6 Å². The van der Waals surface area contributed by atoms with Gasteiger partial charge in [0.05, 0.1) is 5.56 Å². The predicted molar refractivity (Wildman–Crippen MR) is 80.5 cm³/mol. The zero-order valence-electron chi connectivity index (χ0n) is 12.0. The number of hydrogen-bond acceptors (Lipinski definition) is 5. The van der Waals surface area contributed by atoms with E-state index in [1.807, 2.05) is 0 Å². The summed E-state index contributed by atoms with van der Waals surface area (Å²) in [5.74, 6) is 1.09. The highest BCUT2D eigenvalue weighted by atomic mass is 35.5. The van der Waals surface area contributed by atoms with Gasteiger partial charge < -0.3 is 10.2 Å². The maximum atomic E-state index is 11.1. The lowest BCUT2D eigenvalue weighted by Gasteiger charge is -2.29. The fourth-order valence-electron chi connectivity index (χ4n) is 2.57. The normalized spacial score (nSPS) is 17.8. The van der Waals surface area contributed by atoms with Crippen molar-refractivity contribution in [3.8, 4) is 0 Å². The summed E-state index contributed by atoms with van der Waals surface area (Å²) in [6, 6.07) is 0.206. The second-order valence-electron chi connectivity index (χ2n) is 5.35. The SMILES string of the molecule is Cc1nc(Cl)c(C=O)c(NC(C)CN2CCCCC2)n1. The Morgan fingerprint density at radius 1 is 1.35 bits per heavy atom. The van der Waals surface area contributed by atoms with Gasteiger partial charge in [0.25, 0.3) is 0 Å². The van der Waals surface area contributed by atoms with Gasteiger partial charge in [-0.05, 0) is 39.8 Å². The van der Waals surface area contributed by atoms with Crippen LogP contribution in [0.15, 0.2) is 0 Å². The number of rotatable bonds is 5. The monoisotopic (exact) mass is 296 g/mol. The molecule has 1 aromatic heterocycles. The minimum absolute atomic E-state index is 0.206. The van der Waals surface area contributed by atoms with E-state index in [4.69, 9.17) is 11.6 Å². The van der Waals surface area contributed by atoms with Crippen molar-refractivity contribution >= 4 is 23.7 Å². The van der Waals surface area contributed by atoms with Gasteiger partial charge in [0, 0.05) is 12.6 Å². The summed E-state index contributed by atoms with van der Waals surface area (Å²) >= 11 is 5.98. The van der Waals surface area contributed by atoms with Gasteiger partial charge in [-0.1, -0.05) is 18.0 Å². The van der Waals surface area contributed by atoms with E-state index in [1.165, 1.54) is 19.3 Å². The minimum Gasteiger partial charge on any atom is -0.366 e. The summed E-state index contributed by atoms with van der Waals surface area (Å²) in [7, 11) is 0. The highest BCUT2D eigenvalue weighted by molar-refractivity contribution is 6.32. The second kappa shape index (κ2) is 6.99. The van der Waals surface area contributed by atoms with Crippen LogP contribution in [-0.4, -0.2) is 46.8 Å². The Morgan fingerprint density at radius 2 is 2.05 bits per heavy atom. The van der Waals surface area contributed by atoms with Crippen molar-refractivity contribution in [3.05, 3.63) is 16.5 Å². The summed E-state index contributed by atoms with van der Waals surface area (Å²) in [5.41, 5.74) is 0.336. The Kier molecular flexibility index (Phi) is 5.31. The highest BCUT2D eigenvalue weighted by Gasteiger charge is 2.16. The molecule has 1 atom stereocenters. The van der Waals surface area contributed by atoms with Crippen molar-refractivity contribution in [3.63, 3.8) is 0 Å². The van der Waals surface area contributed by atoms with Gasteiger partial charge in [0.15, 0.2) is 6.29 Å². The van der Waals surface area contributed by atoms with Crippen molar-refractivity contribution in [1.82, 2.24) is 14.9 Å². The molecule has 5 nitrogen and oxygen atoms in total. The third-order valence-electron chi connectivity index (χ3n) is 3.49. The van der Waals surface area contributed by atoms with Crippen LogP contribution in [0.4, 0.5) is 5.82 Å². The number of carbonyl (C=O) groups excluding carboxylic acids is 1. The van der Waals surface area contributed by atoms with E-state index in [-0.39, 0.29) is 11.2 Å². The maximum Gasteiger partial charge on any atom is 0.156 e. The third kappa shape index (κ3) is 3.90. The Labute approximate surface area is 124 Å². The van der Waals surface area contributed by atoms with Crippen LogP contribution in [0, 0.1) is 6.92 Å². The molecule has 110 valence electrons. The molecule has 1 N–H and O–H groups in total. The molecular weight excluding hydrogens is 276 g/mol. The van der Waals surface area contributed by atoms with E-state index < -0.39 is 0 Å². The number of hydrogen-bond donors (Lipinski definition) is 1. The van der Waals surface area contributed by atoms with Gasteiger partial charge in [0.2, 0.25) is 0 Å². The maximum absolute atomic E-state index is 11.1. The minimum atomic E-state index is 0.206. The van der Waals surface area contributed by atoms with Crippen LogP contribution in [0.5, 0.6) is 0 Å². The Morgan fingerprint density at radius 3 is 2.70 bits per heavy atom. The number of aldehydes is 1. The van der Waals surface area contributed by atoms with Crippen molar-refractivity contribution in [1.29, 1.82) is 0 Å². The van der Waals surface area contributed by atoms with Crippen LogP contribution in [-0.2, 0) is 0 Å². The van der Waals surface area contributed by atoms with Crippen LogP contribution in [0.25, 0.3) is 0 Å². The zero-order valence-corrected chi connectivity index (χ0v) is 12.8. The van der Waals surface area contributed by atoms with Crippen LogP contribution < -0.4 is 5.32 Å². The predicted octanol–water partition coefficient (Wildman–Crippen LogP) is 2.54. The molecule has 2 rings (SSSR count). The average molecular weight is 297 g/mol. The molecule has 0 radical (unpaired) electrons. The quantitative estimate of drug-likeness (QED) is 0.668. The molecule has 2 heterocycles. The Hall–Kier alpha value is -1.20. The number of nitrogens with zero attached hydrogens (tertiary/aromatic N) is 3. The number of aromatic nitrogens is 2. The first-order valence-corrected chi connectivity index (χ1v) is 7.46. The summed E-state index contributed by atoms with van der Waals surface area (Å²) in [6.45, 7) is 7.10. The lowest BCUT2D eigenvalue weighted by Crippen LogP contribution is -2.38. The smallest absolute Gasteiger partial charge is 0.156 e. The van der Waals surface area contributed by atoms with Crippen molar-refractivity contribution < 1.29 is 4.79 Å². The molecule has 0 spiro atoms. The summed E-state index contributed by atoms with van der Waals surface area (Å²) in [5, 5.41) is 3.49. The van der Waals surface area contributed by atoms with E-state index in [0.717, 1.165) is 19.6 Å². The average Bonchev–Trinajstić information content (AvgIpc) is 2.39. The number of carbonyl (C=O) groups is 1. The fourth-order valence-corrected chi connectivity index (χ4v) is 2.83. The number of nitrogens with one attached hydrogen (secondary N) is 1.